The normalized spacial score (nSPS) is 24.4. The summed E-state index contributed by atoms with van der Waals surface area (Å²) >= 11 is 6.17. The van der Waals surface area contributed by atoms with Gasteiger partial charge in [0.2, 0.25) is 0 Å². The molecular formula is C13H17ClN2O2. The highest BCUT2D eigenvalue weighted by Gasteiger charge is 2.41. The molecule has 1 unspecified atom stereocenters. The molecule has 2 rings (SSSR count). The first kappa shape index (κ1) is 13.3. The van der Waals surface area contributed by atoms with E-state index in [4.69, 9.17) is 22.4 Å². The van der Waals surface area contributed by atoms with Crippen molar-refractivity contribution in [2.45, 2.75) is 25.4 Å². The van der Waals surface area contributed by atoms with Crippen molar-refractivity contribution >= 4 is 17.6 Å². The van der Waals surface area contributed by atoms with Crippen molar-refractivity contribution in [3.8, 4) is 0 Å². The molecule has 1 fully saturated rings. The van der Waals surface area contributed by atoms with Crippen LogP contribution in [0.25, 0.3) is 0 Å². The second-order valence-corrected chi connectivity index (χ2v) is 5.42. The van der Waals surface area contributed by atoms with Gasteiger partial charge in [0, 0.05) is 24.7 Å². The number of carboxylic acids is 1. The summed E-state index contributed by atoms with van der Waals surface area (Å²) in [6.45, 7) is 3.69. The summed E-state index contributed by atoms with van der Waals surface area (Å²) in [5.41, 5.74) is 6.85. The molecule has 1 aliphatic rings. The van der Waals surface area contributed by atoms with Gasteiger partial charge < -0.3 is 10.8 Å². The average Bonchev–Trinajstić information content (AvgIpc) is 2.66. The summed E-state index contributed by atoms with van der Waals surface area (Å²) in [5, 5.41) is 9.79. The average molecular weight is 269 g/mol. The lowest BCUT2D eigenvalue weighted by molar-refractivity contribution is -0.142. The molecular weight excluding hydrogens is 252 g/mol. The number of likely N-dealkylation sites (tertiary alicyclic amines) is 1. The molecule has 0 aliphatic carbocycles. The fraction of sp³-hybridized carbons (Fsp3) is 0.462. The molecule has 1 heterocycles. The third-order valence-corrected chi connectivity index (χ3v) is 3.76. The molecule has 98 valence electrons. The smallest absolute Gasteiger partial charge is 0.325 e. The molecule has 3 N–H and O–H groups in total. The van der Waals surface area contributed by atoms with Crippen molar-refractivity contribution in [1.82, 2.24) is 4.90 Å². The van der Waals surface area contributed by atoms with E-state index >= 15 is 0 Å². The van der Waals surface area contributed by atoms with E-state index in [9.17, 15) is 4.79 Å². The first-order valence-corrected chi connectivity index (χ1v) is 6.28. The van der Waals surface area contributed by atoms with Crippen molar-refractivity contribution in [1.29, 1.82) is 0 Å². The summed E-state index contributed by atoms with van der Waals surface area (Å²) in [4.78, 5) is 13.1. The maximum Gasteiger partial charge on any atom is 0.325 e. The first-order valence-electron chi connectivity index (χ1n) is 5.90. The number of aliphatic carboxylic acids is 1. The van der Waals surface area contributed by atoms with E-state index in [-0.39, 0.29) is 0 Å². The van der Waals surface area contributed by atoms with E-state index in [1.165, 1.54) is 0 Å². The van der Waals surface area contributed by atoms with Gasteiger partial charge in [-0.3, -0.25) is 9.69 Å². The topological polar surface area (TPSA) is 66.6 Å². The second-order valence-electron chi connectivity index (χ2n) is 5.02. The third-order valence-electron chi connectivity index (χ3n) is 3.41. The Morgan fingerprint density at radius 2 is 2.33 bits per heavy atom. The minimum absolute atomic E-state index is 0.368. The monoisotopic (exact) mass is 268 g/mol. The number of nitrogens with two attached hydrogens (primary N) is 1. The number of benzene rings is 1. The van der Waals surface area contributed by atoms with Crippen molar-refractivity contribution in [3.05, 3.63) is 34.3 Å². The molecule has 1 aromatic rings. The lowest BCUT2D eigenvalue weighted by Gasteiger charge is -2.20. The van der Waals surface area contributed by atoms with E-state index in [1.54, 1.807) is 0 Å². The van der Waals surface area contributed by atoms with Gasteiger partial charge in [-0.15, -0.1) is 0 Å². The van der Waals surface area contributed by atoms with Crippen LogP contribution >= 0.6 is 11.6 Å². The van der Waals surface area contributed by atoms with E-state index in [0.717, 1.165) is 16.1 Å². The van der Waals surface area contributed by atoms with Crippen LogP contribution in [-0.2, 0) is 11.3 Å². The maximum atomic E-state index is 11.1. The van der Waals surface area contributed by atoms with Crippen LogP contribution in [-0.4, -0.2) is 34.6 Å². The number of hydrogen-bond acceptors (Lipinski definition) is 3. The fourth-order valence-corrected chi connectivity index (χ4v) is 2.54. The Labute approximate surface area is 111 Å². The maximum absolute atomic E-state index is 11.1. The zero-order valence-electron chi connectivity index (χ0n) is 10.3. The van der Waals surface area contributed by atoms with Crippen molar-refractivity contribution in [2.75, 3.05) is 13.1 Å². The lowest BCUT2D eigenvalue weighted by atomic mass is 10.0. The lowest BCUT2D eigenvalue weighted by Crippen LogP contribution is -2.50. The predicted octanol–water partition coefficient (Wildman–Crippen LogP) is 1.64. The summed E-state index contributed by atoms with van der Waals surface area (Å²) in [7, 11) is 0. The molecule has 0 aromatic heterocycles. The molecule has 1 atom stereocenters. The first-order chi connectivity index (χ1) is 8.40. The van der Waals surface area contributed by atoms with Gasteiger partial charge in [-0.25, -0.2) is 0 Å². The number of aryl methyl sites for hydroxylation is 1. The highest BCUT2D eigenvalue weighted by atomic mass is 35.5. The molecule has 0 radical (unpaired) electrons. The van der Waals surface area contributed by atoms with E-state index < -0.39 is 11.5 Å². The van der Waals surface area contributed by atoms with Crippen LogP contribution in [0.4, 0.5) is 0 Å². The second kappa shape index (κ2) is 4.88. The highest BCUT2D eigenvalue weighted by Crippen LogP contribution is 2.24. The Hall–Kier alpha value is -1.10. The molecule has 1 aliphatic heterocycles. The number of hydrogen-bond donors (Lipinski definition) is 2. The molecule has 4 nitrogen and oxygen atoms in total. The van der Waals surface area contributed by atoms with Gasteiger partial charge in [0.15, 0.2) is 0 Å². The summed E-state index contributed by atoms with van der Waals surface area (Å²) in [6, 6.07) is 5.90. The number of rotatable bonds is 3. The summed E-state index contributed by atoms with van der Waals surface area (Å²) in [6.07, 6.45) is 0.478. The van der Waals surface area contributed by atoms with Crippen LogP contribution in [0.5, 0.6) is 0 Å². The number of carbonyl (C=O) groups is 1. The predicted molar refractivity (Wildman–Crippen MR) is 70.6 cm³/mol. The fourth-order valence-electron chi connectivity index (χ4n) is 2.25. The van der Waals surface area contributed by atoms with Crippen LogP contribution in [0.1, 0.15) is 17.5 Å². The van der Waals surface area contributed by atoms with Crippen LogP contribution in [0.15, 0.2) is 18.2 Å². The van der Waals surface area contributed by atoms with Gasteiger partial charge in [-0.05, 0) is 30.5 Å². The molecule has 0 amide bonds. The zero-order valence-corrected chi connectivity index (χ0v) is 11.1. The Morgan fingerprint density at radius 1 is 1.61 bits per heavy atom. The van der Waals surface area contributed by atoms with E-state index in [2.05, 4.69) is 0 Å². The van der Waals surface area contributed by atoms with Crippen LogP contribution in [0.2, 0.25) is 5.02 Å². The zero-order chi connectivity index (χ0) is 13.3. The standard InChI is InChI=1S/C13H17ClN2O2/c1-9-2-3-10(11(14)6-9)7-16-5-4-13(15,8-16)12(17)18/h2-3,6H,4-5,7-8,15H2,1H3,(H,17,18). The van der Waals surface area contributed by atoms with Crippen molar-refractivity contribution in [2.24, 2.45) is 5.73 Å². The summed E-state index contributed by atoms with van der Waals surface area (Å²) < 4.78 is 0. The third kappa shape index (κ3) is 2.66. The van der Waals surface area contributed by atoms with Crippen molar-refractivity contribution < 1.29 is 9.90 Å². The van der Waals surface area contributed by atoms with Gasteiger partial charge in [0.1, 0.15) is 5.54 Å². The number of nitrogens with zero attached hydrogens (tertiary/aromatic N) is 1. The minimum atomic E-state index is -1.11. The van der Waals surface area contributed by atoms with E-state index in [1.807, 2.05) is 30.0 Å². The molecule has 0 saturated carbocycles. The minimum Gasteiger partial charge on any atom is -0.480 e. The molecule has 18 heavy (non-hydrogen) atoms. The Morgan fingerprint density at radius 3 is 2.89 bits per heavy atom. The summed E-state index contributed by atoms with van der Waals surface area (Å²) in [5.74, 6) is -0.931. The molecule has 1 aromatic carbocycles. The van der Waals surface area contributed by atoms with Gasteiger partial charge in [-0.2, -0.15) is 0 Å². The SMILES string of the molecule is Cc1ccc(CN2CCC(N)(C(=O)O)C2)c(Cl)c1. The van der Waals surface area contributed by atoms with Crippen LogP contribution < -0.4 is 5.73 Å². The Bertz CT molecular complexity index is 478. The number of carboxylic acid groups (broad SMARTS) is 1. The molecule has 0 spiro atoms. The largest absolute Gasteiger partial charge is 0.480 e. The Kier molecular flexibility index (Phi) is 3.61. The molecule has 1 saturated heterocycles. The molecule has 0 bridgehead atoms. The van der Waals surface area contributed by atoms with Crippen LogP contribution in [0, 0.1) is 6.92 Å². The molecule has 5 heteroatoms. The highest BCUT2D eigenvalue weighted by molar-refractivity contribution is 6.31. The van der Waals surface area contributed by atoms with Gasteiger partial charge in [0.25, 0.3) is 0 Å². The van der Waals surface area contributed by atoms with E-state index in [0.29, 0.717) is 26.1 Å². The quantitative estimate of drug-likeness (QED) is 0.875. The Balaban J connectivity index is 2.06. The number of halogens is 1. The van der Waals surface area contributed by atoms with Gasteiger partial charge >= 0.3 is 5.97 Å². The van der Waals surface area contributed by atoms with Crippen LogP contribution in [0.3, 0.4) is 0 Å². The van der Waals surface area contributed by atoms with Gasteiger partial charge in [0.05, 0.1) is 0 Å². The van der Waals surface area contributed by atoms with Gasteiger partial charge in [-0.1, -0.05) is 23.7 Å². The van der Waals surface area contributed by atoms with Crippen molar-refractivity contribution in [3.63, 3.8) is 0 Å².